The number of methoxy groups -OCH3 is 1. The predicted octanol–water partition coefficient (Wildman–Crippen LogP) is 5.29. The number of fused-ring (bicyclic) bond motifs is 2. The number of carbonyl (C=O) groups excluding carboxylic acids is 1. The Morgan fingerprint density at radius 1 is 1.23 bits per heavy atom. The Morgan fingerprint density at radius 2 is 2.00 bits per heavy atom. The maximum Gasteiger partial charge on any atom is 0.256 e. The van der Waals surface area contributed by atoms with E-state index >= 15 is 0 Å². The number of hydrogen-bond donors (Lipinski definition) is 1. The molecular weight excluding hydrogens is 371 g/mol. The molecule has 26 heavy (non-hydrogen) atoms. The molecule has 4 rings (SSSR count). The van der Waals surface area contributed by atoms with Crippen LogP contribution in [-0.2, 0) is 11.8 Å². The maximum absolute atomic E-state index is 12.5. The second kappa shape index (κ2) is 6.08. The lowest BCUT2D eigenvalue weighted by Crippen LogP contribution is -2.03. The van der Waals surface area contributed by atoms with Crippen LogP contribution in [-0.4, -0.2) is 17.6 Å². The molecule has 1 N–H and O–H groups in total. The number of amides is 1. The molecule has 1 aromatic heterocycles. The Bertz CT molecular complexity index is 1110. The molecular formula is C20H16Cl2N2O2. The van der Waals surface area contributed by atoms with Crippen molar-refractivity contribution in [3.05, 3.63) is 57.2 Å². The summed E-state index contributed by atoms with van der Waals surface area (Å²) in [6, 6.07) is 9.38. The van der Waals surface area contributed by atoms with E-state index < -0.39 is 0 Å². The Labute approximate surface area is 161 Å². The highest BCUT2D eigenvalue weighted by Gasteiger charge is 2.27. The Kier molecular flexibility index (Phi) is 3.98. The lowest BCUT2D eigenvalue weighted by atomic mass is 10.0. The smallest absolute Gasteiger partial charge is 0.256 e. The lowest BCUT2D eigenvalue weighted by Gasteiger charge is -2.06. The zero-order valence-electron chi connectivity index (χ0n) is 14.5. The third-order valence-corrected chi connectivity index (χ3v) is 5.52. The molecule has 4 nitrogen and oxygen atoms in total. The minimum Gasteiger partial charge on any atom is -0.496 e. The topological polar surface area (TPSA) is 43.3 Å². The molecule has 0 radical (unpaired) electrons. The quantitative estimate of drug-likeness (QED) is 0.607. The molecule has 0 bridgehead atoms. The van der Waals surface area contributed by atoms with Gasteiger partial charge in [0.1, 0.15) is 10.9 Å². The first kappa shape index (κ1) is 17.0. The van der Waals surface area contributed by atoms with Gasteiger partial charge >= 0.3 is 0 Å². The zero-order chi connectivity index (χ0) is 18.6. The van der Waals surface area contributed by atoms with Crippen LogP contribution in [0.4, 0.5) is 5.69 Å². The average molecular weight is 387 g/mol. The molecule has 0 spiro atoms. The van der Waals surface area contributed by atoms with Crippen LogP contribution >= 0.6 is 23.2 Å². The summed E-state index contributed by atoms with van der Waals surface area (Å²) in [5.74, 6) is 0.578. The number of nitrogens with one attached hydrogen (secondary N) is 1. The number of hydrogen-bond acceptors (Lipinski definition) is 2. The van der Waals surface area contributed by atoms with Gasteiger partial charge in [0.05, 0.1) is 28.9 Å². The Morgan fingerprint density at radius 3 is 2.73 bits per heavy atom. The standard InChI is InChI=1S/C20H16Cl2N2O2/c1-10-7-16-11(9-17(10)26-3)12(19(22)24(16)2)8-13-18-14(21)5-4-6-15(18)23-20(13)25/h4-9H,1-3H3,(H,23,25)/b13-8+. The fourth-order valence-corrected chi connectivity index (χ4v) is 3.93. The van der Waals surface area contributed by atoms with Crippen LogP contribution < -0.4 is 10.1 Å². The second-order valence-electron chi connectivity index (χ2n) is 6.28. The van der Waals surface area contributed by atoms with Crippen molar-refractivity contribution >= 4 is 57.3 Å². The fourth-order valence-electron chi connectivity index (χ4n) is 3.41. The van der Waals surface area contributed by atoms with E-state index in [4.69, 9.17) is 27.9 Å². The van der Waals surface area contributed by atoms with Gasteiger partial charge < -0.3 is 14.6 Å². The van der Waals surface area contributed by atoms with Crippen LogP contribution in [0.1, 0.15) is 16.7 Å². The number of aromatic nitrogens is 1. The summed E-state index contributed by atoms with van der Waals surface area (Å²) >= 11 is 12.9. The van der Waals surface area contributed by atoms with E-state index in [9.17, 15) is 4.79 Å². The van der Waals surface area contributed by atoms with Crippen molar-refractivity contribution in [1.82, 2.24) is 4.57 Å². The van der Waals surface area contributed by atoms with Crippen LogP contribution in [0.25, 0.3) is 22.6 Å². The van der Waals surface area contributed by atoms with Crippen molar-refractivity contribution in [2.75, 3.05) is 12.4 Å². The molecule has 1 aliphatic rings. The molecule has 0 saturated carbocycles. The van der Waals surface area contributed by atoms with Crippen molar-refractivity contribution in [1.29, 1.82) is 0 Å². The van der Waals surface area contributed by atoms with Gasteiger partial charge in [0, 0.05) is 23.6 Å². The molecule has 1 aliphatic heterocycles. The van der Waals surface area contributed by atoms with Crippen LogP contribution in [0.15, 0.2) is 30.3 Å². The molecule has 1 amide bonds. The van der Waals surface area contributed by atoms with Crippen molar-refractivity contribution in [2.45, 2.75) is 6.92 Å². The van der Waals surface area contributed by atoms with Crippen LogP contribution in [0.5, 0.6) is 5.75 Å². The van der Waals surface area contributed by atoms with Crippen LogP contribution in [0, 0.1) is 6.92 Å². The van der Waals surface area contributed by atoms with E-state index in [0.717, 1.165) is 27.8 Å². The predicted molar refractivity (Wildman–Crippen MR) is 107 cm³/mol. The Hall–Kier alpha value is -2.43. The number of carbonyl (C=O) groups is 1. The SMILES string of the molecule is COc1cc2c(/C=C3/C(=O)Nc4cccc(Cl)c43)c(Cl)n(C)c2cc1C. The summed E-state index contributed by atoms with van der Waals surface area (Å²) in [7, 11) is 3.53. The number of benzene rings is 2. The molecule has 2 heterocycles. The number of ether oxygens (including phenoxy) is 1. The third kappa shape index (κ3) is 2.41. The maximum atomic E-state index is 12.5. The largest absolute Gasteiger partial charge is 0.496 e. The lowest BCUT2D eigenvalue weighted by molar-refractivity contribution is -0.110. The highest BCUT2D eigenvalue weighted by molar-refractivity contribution is 6.42. The van der Waals surface area contributed by atoms with Gasteiger partial charge in [-0.2, -0.15) is 0 Å². The first-order valence-electron chi connectivity index (χ1n) is 8.06. The normalized spacial score (nSPS) is 14.8. The van der Waals surface area contributed by atoms with E-state index in [1.807, 2.05) is 42.8 Å². The molecule has 3 aromatic rings. The van der Waals surface area contributed by atoms with Crippen molar-refractivity contribution in [3.8, 4) is 5.75 Å². The van der Waals surface area contributed by atoms with Gasteiger partial charge in [-0.05, 0) is 42.8 Å². The molecule has 0 fully saturated rings. The Balaban J connectivity index is 2.01. The highest BCUT2D eigenvalue weighted by atomic mass is 35.5. The number of rotatable bonds is 2. The first-order chi connectivity index (χ1) is 12.4. The molecule has 0 atom stereocenters. The molecule has 0 unspecified atom stereocenters. The van der Waals surface area contributed by atoms with E-state index in [1.54, 1.807) is 19.3 Å². The molecule has 2 aromatic carbocycles. The van der Waals surface area contributed by atoms with E-state index in [-0.39, 0.29) is 5.91 Å². The summed E-state index contributed by atoms with van der Waals surface area (Å²) in [5.41, 5.74) is 4.66. The number of anilines is 1. The van der Waals surface area contributed by atoms with Gasteiger partial charge in [-0.15, -0.1) is 0 Å². The number of halogens is 2. The van der Waals surface area contributed by atoms with Gasteiger partial charge in [-0.1, -0.05) is 29.3 Å². The van der Waals surface area contributed by atoms with Gasteiger partial charge in [0.2, 0.25) is 0 Å². The van der Waals surface area contributed by atoms with E-state index in [0.29, 0.717) is 27.0 Å². The van der Waals surface area contributed by atoms with Gasteiger partial charge in [0.15, 0.2) is 0 Å². The van der Waals surface area contributed by atoms with Gasteiger partial charge in [-0.3, -0.25) is 4.79 Å². The summed E-state index contributed by atoms with van der Waals surface area (Å²) in [5, 5.41) is 4.84. The second-order valence-corrected chi connectivity index (χ2v) is 7.04. The first-order valence-corrected chi connectivity index (χ1v) is 8.82. The molecule has 132 valence electrons. The zero-order valence-corrected chi connectivity index (χ0v) is 16.0. The summed E-state index contributed by atoms with van der Waals surface area (Å²) in [6.45, 7) is 1.98. The van der Waals surface area contributed by atoms with E-state index in [2.05, 4.69) is 5.32 Å². The van der Waals surface area contributed by atoms with Crippen molar-refractivity contribution in [3.63, 3.8) is 0 Å². The minimum atomic E-state index is -0.194. The summed E-state index contributed by atoms with van der Waals surface area (Å²) in [6.07, 6.45) is 1.80. The minimum absolute atomic E-state index is 0.194. The highest BCUT2D eigenvalue weighted by Crippen LogP contribution is 2.41. The van der Waals surface area contributed by atoms with E-state index in [1.165, 1.54) is 0 Å². The average Bonchev–Trinajstić information content (AvgIpc) is 3.05. The van der Waals surface area contributed by atoms with Crippen molar-refractivity contribution < 1.29 is 9.53 Å². The summed E-state index contributed by atoms with van der Waals surface area (Å²) < 4.78 is 7.35. The number of aryl methyl sites for hydroxylation is 2. The van der Waals surface area contributed by atoms with Crippen molar-refractivity contribution in [2.24, 2.45) is 7.05 Å². The fraction of sp³-hybridized carbons (Fsp3) is 0.150. The molecule has 0 aliphatic carbocycles. The molecule has 0 saturated heterocycles. The number of nitrogens with zero attached hydrogens (tertiary/aromatic N) is 1. The summed E-state index contributed by atoms with van der Waals surface area (Å²) in [4.78, 5) is 12.5. The van der Waals surface area contributed by atoms with Crippen LogP contribution in [0.2, 0.25) is 10.2 Å². The van der Waals surface area contributed by atoms with Gasteiger partial charge in [-0.25, -0.2) is 0 Å². The van der Waals surface area contributed by atoms with Crippen LogP contribution in [0.3, 0.4) is 0 Å². The monoisotopic (exact) mass is 386 g/mol. The molecule has 6 heteroatoms. The van der Waals surface area contributed by atoms with Gasteiger partial charge in [0.25, 0.3) is 5.91 Å². The third-order valence-electron chi connectivity index (χ3n) is 4.75.